The molecule has 0 spiro atoms. The van der Waals surface area contributed by atoms with Gasteiger partial charge < -0.3 is 10.1 Å². The first-order chi connectivity index (χ1) is 8.33. The number of fused-ring (bicyclic) bond motifs is 1. The normalized spacial score (nSPS) is 22.8. The Balaban J connectivity index is 1.87. The van der Waals surface area contributed by atoms with Crippen LogP contribution in [0.2, 0.25) is 0 Å². The van der Waals surface area contributed by atoms with Crippen LogP contribution in [0.15, 0.2) is 42.1 Å². The molecule has 1 aromatic rings. The predicted octanol–water partition coefficient (Wildman–Crippen LogP) is 2.26. The minimum Gasteiger partial charge on any atom is -0.490 e. The van der Waals surface area contributed by atoms with Gasteiger partial charge in [-0.3, -0.25) is 4.98 Å². The van der Waals surface area contributed by atoms with Crippen molar-refractivity contribution in [1.82, 2.24) is 10.3 Å². The van der Waals surface area contributed by atoms with Gasteiger partial charge in [-0.1, -0.05) is 6.07 Å². The van der Waals surface area contributed by atoms with Crippen molar-refractivity contribution in [3.63, 3.8) is 0 Å². The number of rotatable bonds is 1. The number of pyridine rings is 1. The number of aryl methyl sites for hydroxylation is 1. The number of hydrogen-bond donors (Lipinski definition) is 1. The van der Waals surface area contributed by atoms with Crippen LogP contribution in [-0.4, -0.2) is 18.1 Å². The summed E-state index contributed by atoms with van der Waals surface area (Å²) in [7, 11) is 0. The molecule has 0 bridgehead atoms. The van der Waals surface area contributed by atoms with Gasteiger partial charge in [0, 0.05) is 24.9 Å². The highest BCUT2D eigenvalue weighted by Gasteiger charge is 2.20. The van der Waals surface area contributed by atoms with Gasteiger partial charge in [-0.2, -0.15) is 0 Å². The maximum absolute atomic E-state index is 5.60. The monoisotopic (exact) mass is 228 g/mol. The van der Waals surface area contributed by atoms with Gasteiger partial charge in [-0.25, -0.2) is 0 Å². The molecule has 0 amide bonds. The minimum atomic E-state index is 0.412. The third-order valence-corrected chi connectivity index (χ3v) is 3.19. The zero-order valence-corrected chi connectivity index (χ0v) is 9.94. The average Bonchev–Trinajstić information content (AvgIpc) is 2.38. The summed E-state index contributed by atoms with van der Waals surface area (Å²) < 4.78 is 5.60. The van der Waals surface area contributed by atoms with Crippen LogP contribution in [0.1, 0.15) is 23.5 Å². The van der Waals surface area contributed by atoms with Crippen LogP contribution < -0.4 is 5.32 Å². The molecule has 0 saturated carbocycles. The van der Waals surface area contributed by atoms with Crippen LogP contribution >= 0.6 is 0 Å². The quantitative estimate of drug-likeness (QED) is 0.800. The van der Waals surface area contributed by atoms with Gasteiger partial charge in [0.25, 0.3) is 0 Å². The highest BCUT2D eigenvalue weighted by molar-refractivity contribution is 5.36. The van der Waals surface area contributed by atoms with Gasteiger partial charge in [0.05, 0.1) is 5.70 Å². The van der Waals surface area contributed by atoms with E-state index < -0.39 is 0 Å². The predicted molar refractivity (Wildman–Crippen MR) is 66.5 cm³/mol. The van der Waals surface area contributed by atoms with E-state index in [0.29, 0.717) is 5.92 Å². The maximum atomic E-state index is 5.60. The molecule has 0 radical (unpaired) electrons. The minimum absolute atomic E-state index is 0.412. The molecule has 2 aliphatic rings. The summed E-state index contributed by atoms with van der Waals surface area (Å²) >= 11 is 0. The highest BCUT2D eigenvalue weighted by atomic mass is 16.5. The smallest absolute Gasteiger partial charge is 0.138 e. The standard InChI is InChI=1S/C14H16N2O/c1-10-6-12(9-15-8-10)11-2-3-14-13(7-11)16-4-5-17-14/h3,6-9,11,16H,2,4-5H2,1H3. The lowest BCUT2D eigenvalue weighted by Gasteiger charge is -2.27. The molecule has 1 aromatic heterocycles. The Morgan fingerprint density at radius 1 is 1.41 bits per heavy atom. The SMILES string of the molecule is Cc1cncc(C2C=C3NCCOC3=CC2)c1. The van der Waals surface area contributed by atoms with Crippen molar-refractivity contribution in [3.8, 4) is 0 Å². The van der Waals surface area contributed by atoms with Gasteiger partial charge in [0.15, 0.2) is 0 Å². The summed E-state index contributed by atoms with van der Waals surface area (Å²) in [6.45, 7) is 3.73. The molecule has 1 atom stereocenters. The Kier molecular flexibility index (Phi) is 2.59. The van der Waals surface area contributed by atoms with Gasteiger partial charge in [-0.15, -0.1) is 0 Å². The van der Waals surface area contributed by atoms with E-state index in [1.807, 2.05) is 12.4 Å². The van der Waals surface area contributed by atoms with Crippen LogP contribution in [0, 0.1) is 6.92 Å². The number of hydrogen-bond acceptors (Lipinski definition) is 3. The summed E-state index contributed by atoms with van der Waals surface area (Å²) in [4.78, 5) is 4.26. The Bertz CT molecular complexity index is 491. The van der Waals surface area contributed by atoms with Gasteiger partial charge in [0.2, 0.25) is 0 Å². The number of aromatic nitrogens is 1. The largest absolute Gasteiger partial charge is 0.490 e. The molecule has 1 saturated heterocycles. The van der Waals surface area contributed by atoms with Crippen LogP contribution in [0.25, 0.3) is 0 Å². The maximum Gasteiger partial charge on any atom is 0.138 e. The second-order valence-electron chi connectivity index (χ2n) is 4.56. The average molecular weight is 228 g/mol. The fourth-order valence-corrected chi connectivity index (χ4v) is 2.34. The third kappa shape index (κ3) is 2.05. The van der Waals surface area contributed by atoms with Crippen molar-refractivity contribution >= 4 is 0 Å². The van der Waals surface area contributed by atoms with E-state index in [1.165, 1.54) is 11.1 Å². The topological polar surface area (TPSA) is 34.2 Å². The molecule has 0 aromatic carbocycles. The number of nitrogens with one attached hydrogen (secondary N) is 1. The molecule has 1 aliphatic heterocycles. The van der Waals surface area contributed by atoms with E-state index in [-0.39, 0.29) is 0 Å². The van der Waals surface area contributed by atoms with Crippen molar-refractivity contribution in [2.24, 2.45) is 0 Å². The third-order valence-electron chi connectivity index (χ3n) is 3.19. The summed E-state index contributed by atoms with van der Waals surface area (Å²) in [6.07, 6.45) is 9.27. The van der Waals surface area contributed by atoms with E-state index in [2.05, 4.69) is 35.4 Å². The highest BCUT2D eigenvalue weighted by Crippen LogP contribution is 2.30. The lowest BCUT2D eigenvalue weighted by atomic mass is 9.91. The van der Waals surface area contributed by atoms with E-state index in [9.17, 15) is 0 Å². The molecule has 1 unspecified atom stereocenters. The van der Waals surface area contributed by atoms with Crippen molar-refractivity contribution in [2.45, 2.75) is 19.3 Å². The summed E-state index contributed by atoms with van der Waals surface area (Å²) in [5.41, 5.74) is 3.62. The van der Waals surface area contributed by atoms with Crippen molar-refractivity contribution in [1.29, 1.82) is 0 Å². The molecule has 88 valence electrons. The Hall–Kier alpha value is -1.77. The van der Waals surface area contributed by atoms with Crippen molar-refractivity contribution in [2.75, 3.05) is 13.2 Å². The molecule has 1 fully saturated rings. The van der Waals surface area contributed by atoms with Crippen molar-refractivity contribution < 1.29 is 4.74 Å². The lowest BCUT2D eigenvalue weighted by Crippen LogP contribution is -2.29. The van der Waals surface area contributed by atoms with Crippen LogP contribution in [0.5, 0.6) is 0 Å². The van der Waals surface area contributed by atoms with E-state index in [1.54, 1.807) is 0 Å². The summed E-state index contributed by atoms with van der Waals surface area (Å²) in [6, 6.07) is 2.21. The Labute approximate surface area is 101 Å². The van der Waals surface area contributed by atoms with E-state index in [0.717, 1.165) is 31.0 Å². The first kappa shape index (κ1) is 10.4. The zero-order valence-electron chi connectivity index (χ0n) is 9.94. The molecule has 17 heavy (non-hydrogen) atoms. The van der Waals surface area contributed by atoms with Gasteiger partial charge in [0.1, 0.15) is 12.4 Å². The Morgan fingerprint density at radius 2 is 2.35 bits per heavy atom. The molecular formula is C14H16N2O. The van der Waals surface area contributed by atoms with Crippen LogP contribution in [0.3, 0.4) is 0 Å². The first-order valence-corrected chi connectivity index (χ1v) is 6.03. The second-order valence-corrected chi connectivity index (χ2v) is 4.56. The van der Waals surface area contributed by atoms with E-state index in [4.69, 9.17) is 4.74 Å². The summed E-state index contributed by atoms with van der Waals surface area (Å²) in [5, 5.41) is 3.38. The van der Waals surface area contributed by atoms with Crippen LogP contribution in [-0.2, 0) is 4.74 Å². The summed E-state index contributed by atoms with van der Waals surface area (Å²) in [5.74, 6) is 1.42. The van der Waals surface area contributed by atoms with Crippen LogP contribution in [0.4, 0.5) is 0 Å². The molecule has 3 heteroatoms. The van der Waals surface area contributed by atoms with Gasteiger partial charge >= 0.3 is 0 Å². The molecule has 2 heterocycles. The number of ether oxygens (including phenoxy) is 1. The number of morpholine rings is 1. The van der Waals surface area contributed by atoms with Crippen molar-refractivity contribution in [3.05, 3.63) is 53.2 Å². The fourth-order valence-electron chi connectivity index (χ4n) is 2.34. The first-order valence-electron chi connectivity index (χ1n) is 6.03. The molecule has 3 rings (SSSR count). The number of nitrogens with zero attached hydrogens (tertiary/aromatic N) is 1. The molecule has 1 N–H and O–H groups in total. The zero-order chi connectivity index (χ0) is 11.7. The van der Waals surface area contributed by atoms with Gasteiger partial charge in [-0.05, 0) is 36.6 Å². The number of allylic oxidation sites excluding steroid dienone is 2. The second kappa shape index (κ2) is 4.24. The molecule has 1 aliphatic carbocycles. The Morgan fingerprint density at radius 3 is 3.24 bits per heavy atom. The fraction of sp³-hybridized carbons (Fsp3) is 0.357. The van der Waals surface area contributed by atoms with E-state index >= 15 is 0 Å². The molecular weight excluding hydrogens is 212 g/mol. The molecule has 3 nitrogen and oxygen atoms in total. The lowest BCUT2D eigenvalue weighted by molar-refractivity contribution is 0.193.